The Kier molecular flexibility index (Phi) is 2.32. The van der Waals surface area contributed by atoms with Gasteiger partial charge in [0, 0.05) is 6.54 Å². The van der Waals surface area contributed by atoms with Crippen LogP contribution in [0.2, 0.25) is 0 Å². The van der Waals surface area contributed by atoms with Crippen molar-refractivity contribution in [3.8, 4) is 6.07 Å². The number of rotatable bonds is 2. The number of nitrogens with zero attached hydrogens (tertiary/aromatic N) is 2. The second-order valence-electron chi connectivity index (χ2n) is 4.08. The Morgan fingerprint density at radius 3 is 2.67 bits per heavy atom. The van der Waals surface area contributed by atoms with Gasteiger partial charge in [-0.3, -0.25) is 4.90 Å². The molecule has 0 bridgehead atoms. The summed E-state index contributed by atoms with van der Waals surface area (Å²) in [5.41, 5.74) is 0. The monoisotopic (exact) mass is 164 g/mol. The van der Waals surface area contributed by atoms with Crippen molar-refractivity contribution >= 4 is 0 Å². The summed E-state index contributed by atoms with van der Waals surface area (Å²) in [6.07, 6.45) is 6.53. The Bertz CT molecular complexity index is 191. The van der Waals surface area contributed by atoms with Gasteiger partial charge in [-0.2, -0.15) is 5.26 Å². The smallest absolute Gasteiger partial charge is 0.0978 e. The zero-order valence-electron chi connectivity index (χ0n) is 7.50. The molecule has 1 aliphatic heterocycles. The van der Waals surface area contributed by atoms with Crippen LogP contribution in [0.5, 0.6) is 0 Å². The summed E-state index contributed by atoms with van der Waals surface area (Å²) >= 11 is 0. The summed E-state index contributed by atoms with van der Waals surface area (Å²) in [6.45, 7) is 2.35. The third kappa shape index (κ3) is 1.47. The number of likely N-dealkylation sites (tertiary alicyclic amines) is 1. The molecule has 0 amide bonds. The van der Waals surface area contributed by atoms with Crippen molar-refractivity contribution in [2.45, 2.75) is 38.1 Å². The molecule has 1 atom stereocenters. The van der Waals surface area contributed by atoms with Gasteiger partial charge in [0.2, 0.25) is 0 Å². The maximum absolute atomic E-state index is 8.85. The lowest BCUT2D eigenvalue weighted by molar-refractivity contribution is 0.186. The van der Waals surface area contributed by atoms with Gasteiger partial charge in [0.05, 0.1) is 12.1 Å². The third-order valence-electron chi connectivity index (χ3n) is 3.23. The molecule has 0 aromatic rings. The van der Waals surface area contributed by atoms with Crippen molar-refractivity contribution in [3.63, 3.8) is 0 Å². The molecule has 1 saturated carbocycles. The molecule has 1 unspecified atom stereocenters. The van der Waals surface area contributed by atoms with E-state index >= 15 is 0 Å². The van der Waals surface area contributed by atoms with Crippen LogP contribution in [0.15, 0.2) is 0 Å². The van der Waals surface area contributed by atoms with E-state index in [4.69, 9.17) is 5.26 Å². The van der Waals surface area contributed by atoms with Crippen LogP contribution < -0.4 is 0 Å². The van der Waals surface area contributed by atoms with Crippen molar-refractivity contribution in [1.29, 1.82) is 5.26 Å². The molecule has 66 valence electrons. The maximum Gasteiger partial charge on any atom is 0.0978 e. The fourth-order valence-electron chi connectivity index (χ4n) is 2.20. The number of hydrogen-bond donors (Lipinski definition) is 0. The Morgan fingerprint density at radius 1 is 1.25 bits per heavy atom. The van der Waals surface area contributed by atoms with Crippen LogP contribution in [-0.4, -0.2) is 24.0 Å². The fraction of sp³-hybridized carbons (Fsp3) is 0.900. The molecular weight excluding hydrogens is 148 g/mol. The van der Waals surface area contributed by atoms with Crippen LogP contribution in [0.3, 0.4) is 0 Å². The van der Waals surface area contributed by atoms with Crippen molar-refractivity contribution < 1.29 is 0 Å². The second-order valence-corrected chi connectivity index (χ2v) is 4.08. The first-order valence-electron chi connectivity index (χ1n) is 5.04. The van der Waals surface area contributed by atoms with E-state index < -0.39 is 0 Å². The first-order chi connectivity index (χ1) is 5.90. The van der Waals surface area contributed by atoms with Crippen LogP contribution in [0, 0.1) is 17.2 Å². The Hall–Kier alpha value is -0.550. The molecule has 0 spiro atoms. The molecule has 1 heterocycles. The molecule has 2 nitrogen and oxygen atoms in total. The predicted molar refractivity (Wildman–Crippen MR) is 47.5 cm³/mol. The van der Waals surface area contributed by atoms with Crippen molar-refractivity contribution in [1.82, 2.24) is 4.90 Å². The van der Waals surface area contributed by atoms with Gasteiger partial charge in [0.15, 0.2) is 0 Å². The molecule has 1 saturated heterocycles. The van der Waals surface area contributed by atoms with E-state index in [1.165, 1.54) is 32.2 Å². The normalized spacial score (nSPS) is 31.4. The predicted octanol–water partition coefficient (Wildman–Crippen LogP) is 1.77. The lowest BCUT2D eigenvalue weighted by Crippen LogP contribution is -2.35. The molecule has 0 aromatic carbocycles. The Labute approximate surface area is 74.2 Å². The summed E-state index contributed by atoms with van der Waals surface area (Å²) in [5.74, 6) is 0.916. The van der Waals surface area contributed by atoms with Gasteiger partial charge >= 0.3 is 0 Å². The molecular formula is C10H16N2. The molecule has 0 aromatic heterocycles. The molecule has 0 radical (unpaired) electrons. The van der Waals surface area contributed by atoms with Crippen molar-refractivity contribution in [2.75, 3.05) is 13.1 Å². The van der Waals surface area contributed by atoms with E-state index in [2.05, 4.69) is 11.0 Å². The van der Waals surface area contributed by atoms with E-state index in [1.807, 2.05) is 0 Å². The SMILES string of the molecule is N#CC1CCCN1CC1CCC1. The molecule has 0 N–H and O–H groups in total. The Balaban J connectivity index is 1.82. The minimum Gasteiger partial charge on any atom is -0.288 e. The molecule has 2 rings (SSSR count). The van der Waals surface area contributed by atoms with Crippen molar-refractivity contribution in [3.05, 3.63) is 0 Å². The minimum atomic E-state index is 0.241. The molecule has 2 fully saturated rings. The highest BCUT2D eigenvalue weighted by Gasteiger charge is 2.28. The lowest BCUT2D eigenvalue weighted by atomic mass is 9.85. The van der Waals surface area contributed by atoms with Crippen LogP contribution in [0.4, 0.5) is 0 Å². The summed E-state index contributed by atoms with van der Waals surface area (Å²) in [6, 6.07) is 2.63. The molecule has 12 heavy (non-hydrogen) atoms. The summed E-state index contributed by atoms with van der Waals surface area (Å²) in [5, 5.41) is 8.85. The van der Waals surface area contributed by atoms with Gasteiger partial charge in [0.1, 0.15) is 0 Å². The van der Waals surface area contributed by atoms with E-state index in [9.17, 15) is 0 Å². The van der Waals surface area contributed by atoms with Crippen molar-refractivity contribution in [2.24, 2.45) is 5.92 Å². The number of hydrogen-bond acceptors (Lipinski definition) is 2. The van der Waals surface area contributed by atoms with Gasteiger partial charge in [-0.25, -0.2) is 0 Å². The largest absolute Gasteiger partial charge is 0.288 e. The van der Waals surface area contributed by atoms with Gasteiger partial charge in [-0.1, -0.05) is 6.42 Å². The number of nitriles is 1. The van der Waals surface area contributed by atoms with E-state index in [1.54, 1.807) is 0 Å². The average Bonchev–Trinajstić information content (AvgIpc) is 2.43. The highest BCUT2D eigenvalue weighted by molar-refractivity contribution is 4.96. The zero-order chi connectivity index (χ0) is 8.39. The minimum absolute atomic E-state index is 0.241. The lowest BCUT2D eigenvalue weighted by Gasteiger charge is -2.31. The van der Waals surface area contributed by atoms with Gasteiger partial charge in [-0.05, 0) is 38.1 Å². The van der Waals surface area contributed by atoms with Gasteiger partial charge in [0.25, 0.3) is 0 Å². The zero-order valence-corrected chi connectivity index (χ0v) is 7.50. The summed E-state index contributed by atoms with van der Waals surface area (Å²) in [4.78, 5) is 2.38. The molecule has 2 aliphatic rings. The topological polar surface area (TPSA) is 27.0 Å². The highest BCUT2D eigenvalue weighted by Crippen LogP contribution is 2.29. The second kappa shape index (κ2) is 3.45. The van der Waals surface area contributed by atoms with E-state index in [0.717, 1.165) is 18.9 Å². The van der Waals surface area contributed by atoms with Crippen LogP contribution in [0.1, 0.15) is 32.1 Å². The molecule has 1 aliphatic carbocycles. The van der Waals surface area contributed by atoms with Crippen LogP contribution in [-0.2, 0) is 0 Å². The van der Waals surface area contributed by atoms with E-state index in [-0.39, 0.29) is 6.04 Å². The molecule has 2 heteroatoms. The fourth-order valence-corrected chi connectivity index (χ4v) is 2.20. The standard InChI is InChI=1S/C10H16N2/c11-7-10-5-2-6-12(10)8-9-3-1-4-9/h9-10H,1-6,8H2. The van der Waals surface area contributed by atoms with Gasteiger partial charge in [-0.15, -0.1) is 0 Å². The maximum atomic E-state index is 8.85. The first kappa shape index (κ1) is 8.07. The summed E-state index contributed by atoms with van der Waals surface area (Å²) < 4.78 is 0. The van der Waals surface area contributed by atoms with Gasteiger partial charge < -0.3 is 0 Å². The quantitative estimate of drug-likeness (QED) is 0.622. The van der Waals surface area contributed by atoms with Crippen LogP contribution >= 0.6 is 0 Å². The Morgan fingerprint density at radius 2 is 2.08 bits per heavy atom. The van der Waals surface area contributed by atoms with Crippen LogP contribution in [0.25, 0.3) is 0 Å². The highest BCUT2D eigenvalue weighted by atomic mass is 15.2. The first-order valence-corrected chi connectivity index (χ1v) is 5.04. The summed E-state index contributed by atoms with van der Waals surface area (Å²) in [7, 11) is 0. The third-order valence-corrected chi connectivity index (χ3v) is 3.23. The average molecular weight is 164 g/mol. The van der Waals surface area contributed by atoms with E-state index in [0.29, 0.717) is 0 Å².